The molecule has 0 spiro atoms. The standard InChI is InChI=1S/C9H8ClNO2/c10-8-3-1-2-7(11-8)5-4-6(5)9(12)13/h1-3,5-6H,4H2,(H,12,13)/t5-,6-/m1/s1. The summed E-state index contributed by atoms with van der Waals surface area (Å²) >= 11 is 5.69. The molecule has 68 valence electrons. The van der Waals surface area contributed by atoms with Crippen LogP contribution in [-0.4, -0.2) is 16.1 Å². The van der Waals surface area contributed by atoms with Crippen LogP contribution in [0.5, 0.6) is 0 Å². The predicted octanol–water partition coefficient (Wildman–Crippen LogP) is 1.92. The average Bonchev–Trinajstić information content (AvgIpc) is 2.82. The smallest absolute Gasteiger partial charge is 0.307 e. The minimum atomic E-state index is -0.744. The topological polar surface area (TPSA) is 50.2 Å². The Morgan fingerprint density at radius 3 is 2.92 bits per heavy atom. The van der Waals surface area contributed by atoms with E-state index in [0.29, 0.717) is 11.6 Å². The summed E-state index contributed by atoms with van der Waals surface area (Å²) in [5.41, 5.74) is 0.792. The van der Waals surface area contributed by atoms with E-state index < -0.39 is 5.97 Å². The number of rotatable bonds is 2. The molecule has 0 aliphatic heterocycles. The lowest BCUT2D eigenvalue weighted by Gasteiger charge is -1.97. The molecule has 1 aromatic heterocycles. The highest BCUT2D eigenvalue weighted by atomic mass is 35.5. The molecule has 1 aliphatic rings. The number of aliphatic carboxylic acids is 1. The fourth-order valence-electron chi connectivity index (χ4n) is 1.43. The Morgan fingerprint density at radius 2 is 2.38 bits per heavy atom. The minimum absolute atomic E-state index is 0.0659. The Morgan fingerprint density at radius 1 is 1.62 bits per heavy atom. The van der Waals surface area contributed by atoms with Crippen molar-refractivity contribution in [3.63, 3.8) is 0 Å². The Balaban J connectivity index is 2.16. The summed E-state index contributed by atoms with van der Waals surface area (Å²) in [4.78, 5) is 14.6. The van der Waals surface area contributed by atoms with Crippen molar-refractivity contribution in [1.29, 1.82) is 0 Å². The number of carboxylic acids is 1. The molecule has 0 saturated heterocycles. The molecule has 0 radical (unpaired) electrons. The number of aromatic nitrogens is 1. The summed E-state index contributed by atoms with van der Waals surface area (Å²) in [6.07, 6.45) is 0.683. The Bertz CT molecular complexity index is 353. The summed E-state index contributed by atoms with van der Waals surface area (Å²) in [6, 6.07) is 5.30. The van der Waals surface area contributed by atoms with Gasteiger partial charge in [0, 0.05) is 11.6 Å². The van der Waals surface area contributed by atoms with Crippen molar-refractivity contribution in [3.05, 3.63) is 29.0 Å². The van der Waals surface area contributed by atoms with Gasteiger partial charge in [0.2, 0.25) is 0 Å². The fraction of sp³-hybridized carbons (Fsp3) is 0.333. The molecule has 1 aromatic rings. The number of carboxylic acid groups (broad SMARTS) is 1. The Kier molecular flexibility index (Phi) is 1.96. The van der Waals surface area contributed by atoms with Crippen LogP contribution >= 0.6 is 11.6 Å². The molecule has 1 fully saturated rings. The first-order chi connectivity index (χ1) is 6.18. The van der Waals surface area contributed by atoms with Gasteiger partial charge in [0.05, 0.1) is 5.92 Å². The van der Waals surface area contributed by atoms with Crippen LogP contribution < -0.4 is 0 Å². The van der Waals surface area contributed by atoms with Gasteiger partial charge in [-0.2, -0.15) is 0 Å². The van der Waals surface area contributed by atoms with E-state index >= 15 is 0 Å². The number of hydrogen-bond donors (Lipinski definition) is 1. The van der Waals surface area contributed by atoms with Gasteiger partial charge in [-0.25, -0.2) is 4.98 Å². The molecule has 2 rings (SSSR count). The summed E-state index contributed by atoms with van der Waals surface area (Å²) in [5, 5.41) is 9.12. The van der Waals surface area contributed by atoms with Crippen molar-refractivity contribution in [2.24, 2.45) is 5.92 Å². The van der Waals surface area contributed by atoms with Gasteiger partial charge in [0.1, 0.15) is 5.15 Å². The second kappa shape index (κ2) is 3.00. The highest BCUT2D eigenvalue weighted by Gasteiger charge is 2.45. The van der Waals surface area contributed by atoms with Crippen molar-refractivity contribution >= 4 is 17.6 Å². The minimum Gasteiger partial charge on any atom is -0.481 e. The molecule has 0 aromatic carbocycles. The maximum absolute atomic E-state index is 10.6. The lowest BCUT2D eigenvalue weighted by molar-refractivity contribution is -0.138. The first-order valence-corrected chi connectivity index (χ1v) is 4.41. The van der Waals surface area contributed by atoms with Crippen molar-refractivity contribution in [3.8, 4) is 0 Å². The van der Waals surface area contributed by atoms with Gasteiger partial charge in [-0.05, 0) is 18.6 Å². The van der Waals surface area contributed by atoms with E-state index in [0.717, 1.165) is 5.69 Å². The number of pyridine rings is 1. The average molecular weight is 198 g/mol. The van der Waals surface area contributed by atoms with E-state index in [1.165, 1.54) is 0 Å². The van der Waals surface area contributed by atoms with Gasteiger partial charge in [-0.1, -0.05) is 17.7 Å². The lowest BCUT2D eigenvalue weighted by Crippen LogP contribution is -1.99. The van der Waals surface area contributed by atoms with Crippen molar-refractivity contribution in [2.75, 3.05) is 0 Å². The fourth-order valence-corrected chi connectivity index (χ4v) is 1.60. The van der Waals surface area contributed by atoms with Gasteiger partial charge in [-0.3, -0.25) is 4.79 Å². The van der Waals surface area contributed by atoms with Crippen molar-refractivity contribution < 1.29 is 9.90 Å². The molecule has 2 atom stereocenters. The van der Waals surface area contributed by atoms with Crippen LogP contribution in [0.25, 0.3) is 0 Å². The van der Waals surface area contributed by atoms with E-state index in [4.69, 9.17) is 16.7 Å². The summed E-state index contributed by atoms with van der Waals surface area (Å²) in [6.45, 7) is 0. The van der Waals surface area contributed by atoms with Crippen LogP contribution in [0.1, 0.15) is 18.0 Å². The van der Waals surface area contributed by atoms with E-state index in [9.17, 15) is 4.79 Å². The van der Waals surface area contributed by atoms with E-state index in [1.54, 1.807) is 12.1 Å². The normalized spacial score (nSPS) is 25.6. The van der Waals surface area contributed by atoms with Crippen LogP contribution in [0.2, 0.25) is 5.15 Å². The summed E-state index contributed by atoms with van der Waals surface area (Å²) < 4.78 is 0. The third-order valence-corrected chi connectivity index (χ3v) is 2.43. The van der Waals surface area contributed by atoms with E-state index in [-0.39, 0.29) is 11.8 Å². The zero-order valence-electron chi connectivity index (χ0n) is 6.77. The first kappa shape index (κ1) is 8.51. The monoisotopic (exact) mass is 197 g/mol. The summed E-state index contributed by atoms with van der Waals surface area (Å²) in [5.74, 6) is -0.936. The number of halogens is 1. The van der Waals surface area contributed by atoms with Crippen LogP contribution in [0.3, 0.4) is 0 Å². The molecule has 1 N–H and O–H groups in total. The van der Waals surface area contributed by atoms with Gasteiger partial charge in [0.25, 0.3) is 0 Å². The highest BCUT2D eigenvalue weighted by Crippen LogP contribution is 2.46. The maximum Gasteiger partial charge on any atom is 0.307 e. The van der Waals surface area contributed by atoms with Crippen LogP contribution in [0, 0.1) is 5.92 Å². The molecule has 1 saturated carbocycles. The van der Waals surface area contributed by atoms with Crippen molar-refractivity contribution in [2.45, 2.75) is 12.3 Å². The molecular weight excluding hydrogens is 190 g/mol. The quantitative estimate of drug-likeness (QED) is 0.737. The zero-order valence-corrected chi connectivity index (χ0v) is 7.53. The number of nitrogens with zero attached hydrogens (tertiary/aromatic N) is 1. The second-order valence-electron chi connectivity index (χ2n) is 3.17. The Labute approximate surface area is 80.4 Å². The molecule has 0 amide bonds. The predicted molar refractivity (Wildman–Crippen MR) is 47.7 cm³/mol. The number of carbonyl (C=O) groups is 1. The third-order valence-electron chi connectivity index (χ3n) is 2.22. The SMILES string of the molecule is O=C(O)[C@@H]1C[C@H]1c1cccc(Cl)n1. The largest absolute Gasteiger partial charge is 0.481 e. The van der Waals surface area contributed by atoms with Gasteiger partial charge in [0.15, 0.2) is 0 Å². The van der Waals surface area contributed by atoms with Gasteiger partial charge >= 0.3 is 5.97 Å². The van der Waals surface area contributed by atoms with Gasteiger partial charge in [-0.15, -0.1) is 0 Å². The molecule has 1 heterocycles. The van der Waals surface area contributed by atoms with Crippen LogP contribution in [0.4, 0.5) is 0 Å². The third kappa shape index (κ3) is 1.65. The molecule has 13 heavy (non-hydrogen) atoms. The number of hydrogen-bond acceptors (Lipinski definition) is 2. The Hall–Kier alpha value is -1.09. The van der Waals surface area contributed by atoms with Gasteiger partial charge < -0.3 is 5.11 Å². The molecule has 0 unspecified atom stereocenters. The second-order valence-corrected chi connectivity index (χ2v) is 3.56. The van der Waals surface area contributed by atoms with Crippen molar-refractivity contribution in [1.82, 2.24) is 4.98 Å². The molecular formula is C9H8ClNO2. The van der Waals surface area contributed by atoms with E-state index in [2.05, 4.69) is 4.98 Å². The molecule has 3 nitrogen and oxygen atoms in total. The molecule has 4 heteroatoms. The first-order valence-electron chi connectivity index (χ1n) is 4.04. The maximum atomic E-state index is 10.6. The van der Waals surface area contributed by atoms with E-state index in [1.807, 2.05) is 6.07 Å². The molecule has 1 aliphatic carbocycles. The highest BCUT2D eigenvalue weighted by molar-refractivity contribution is 6.29. The zero-order chi connectivity index (χ0) is 9.42. The lowest BCUT2D eigenvalue weighted by atomic mass is 10.2. The summed E-state index contributed by atoms with van der Waals surface area (Å²) in [7, 11) is 0. The van der Waals surface area contributed by atoms with Crippen LogP contribution in [-0.2, 0) is 4.79 Å². The van der Waals surface area contributed by atoms with Crippen LogP contribution in [0.15, 0.2) is 18.2 Å². The molecule has 0 bridgehead atoms.